The molecule has 0 atom stereocenters. The molecule has 0 aliphatic heterocycles. The molecule has 0 saturated heterocycles. The van der Waals surface area contributed by atoms with E-state index >= 15 is 0 Å². The third-order valence-corrected chi connectivity index (χ3v) is 3.15. The standard InChI is InChI=1S/C17H13FN2O3/c18-14-9-5-4-8-13(14)10-16(21)22-11-15-19-17(20-23-15)12-6-2-1-3-7-12/h1-9H,10-11H2. The molecule has 23 heavy (non-hydrogen) atoms. The summed E-state index contributed by atoms with van der Waals surface area (Å²) in [6.07, 6.45) is -0.146. The molecule has 0 saturated carbocycles. The molecule has 2 aromatic carbocycles. The smallest absolute Gasteiger partial charge is 0.310 e. The van der Waals surface area contributed by atoms with Crippen LogP contribution < -0.4 is 0 Å². The lowest BCUT2D eigenvalue weighted by Gasteiger charge is -2.03. The second-order valence-corrected chi connectivity index (χ2v) is 4.81. The van der Waals surface area contributed by atoms with E-state index in [1.165, 1.54) is 12.1 Å². The minimum atomic E-state index is -0.561. The summed E-state index contributed by atoms with van der Waals surface area (Å²) < 4.78 is 23.5. The highest BCUT2D eigenvalue weighted by molar-refractivity contribution is 5.72. The van der Waals surface area contributed by atoms with E-state index in [1.54, 1.807) is 12.1 Å². The molecule has 1 aromatic heterocycles. The Balaban J connectivity index is 1.58. The van der Waals surface area contributed by atoms with Crippen molar-refractivity contribution < 1.29 is 18.4 Å². The molecule has 0 N–H and O–H groups in total. The fourth-order valence-electron chi connectivity index (χ4n) is 2.01. The van der Waals surface area contributed by atoms with E-state index in [0.29, 0.717) is 5.82 Å². The number of halogens is 1. The minimum Gasteiger partial charge on any atom is -0.455 e. The van der Waals surface area contributed by atoms with Crippen molar-refractivity contribution in [2.45, 2.75) is 13.0 Å². The SMILES string of the molecule is O=C(Cc1ccccc1F)OCc1nc(-c2ccccc2)no1. The van der Waals surface area contributed by atoms with E-state index in [0.717, 1.165) is 5.56 Å². The van der Waals surface area contributed by atoms with Gasteiger partial charge >= 0.3 is 5.97 Å². The van der Waals surface area contributed by atoms with E-state index in [1.807, 2.05) is 30.3 Å². The number of esters is 1. The van der Waals surface area contributed by atoms with Crippen LogP contribution in [0.1, 0.15) is 11.5 Å². The van der Waals surface area contributed by atoms with Gasteiger partial charge in [0.2, 0.25) is 5.82 Å². The molecule has 0 unspecified atom stereocenters. The molecule has 0 amide bonds. The van der Waals surface area contributed by atoms with Gasteiger partial charge in [-0.15, -0.1) is 0 Å². The summed E-state index contributed by atoms with van der Waals surface area (Å²) in [7, 11) is 0. The maximum atomic E-state index is 13.5. The molecule has 3 aromatic rings. The number of aromatic nitrogens is 2. The van der Waals surface area contributed by atoms with Gasteiger partial charge in [0.05, 0.1) is 6.42 Å². The van der Waals surface area contributed by atoms with Crippen molar-refractivity contribution in [2.75, 3.05) is 0 Å². The lowest BCUT2D eigenvalue weighted by atomic mass is 10.1. The largest absolute Gasteiger partial charge is 0.455 e. The lowest BCUT2D eigenvalue weighted by molar-refractivity contribution is -0.144. The van der Waals surface area contributed by atoms with E-state index in [4.69, 9.17) is 9.26 Å². The van der Waals surface area contributed by atoms with Crippen molar-refractivity contribution >= 4 is 5.97 Å². The molecule has 6 heteroatoms. The van der Waals surface area contributed by atoms with E-state index in [9.17, 15) is 9.18 Å². The molecule has 1 heterocycles. The van der Waals surface area contributed by atoms with Gasteiger partial charge < -0.3 is 9.26 Å². The van der Waals surface area contributed by atoms with Crippen LogP contribution in [0.15, 0.2) is 59.1 Å². The quantitative estimate of drug-likeness (QED) is 0.677. The summed E-state index contributed by atoms with van der Waals surface area (Å²) in [5.74, 6) is -0.389. The Morgan fingerprint density at radius 2 is 1.83 bits per heavy atom. The number of ether oxygens (including phenoxy) is 1. The van der Waals surface area contributed by atoms with Gasteiger partial charge in [-0.25, -0.2) is 4.39 Å². The van der Waals surface area contributed by atoms with Crippen LogP contribution in [-0.2, 0) is 22.6 Å². The first-order valence-corrected chi connectivity index (χ1v) is 6.99. The molecular weight excluding hydrogens is 299 g/mol. The maximum Gasteiger partial charge on any atom is 0.310 e. The lowest BCUT2D eigenvalue weighted by Crippen LogP contribution is -2.09. The molecule has 0 fully saturated rings. The predicted molar refractivity (Wildman–Crippen MR) is 79.6 cm³/mol. The fourth-order valence-corrected chi connectivity index (χ4v) is 2.01. The Bertz CT molecular complexity index is 802. The van der Waals surface area contributed by atoms with Crippen LogP contribution in [-0.4, -0.2) is 16.1 Å². The van der Waals surface area contributed by atoms with Gasteiger partial charge in [-0.1, -0.05) is 53.7 Å². The van der Waals surface area contributed by atoms with E-state index in [2.05, 4.69) is 10.1 Å². The average molecular weight is 312 g/mol. The third kappa shape index (κ3) is 3.79. The second kappa shape index (κ2) is 6.83. The van der Waals surface area contributed by atoms with Crippen molar-refractivity contribution in [3.8, 4) is 11.4 Å². The number of carbonyl (C=O) groups is 1. The zero-order valence-electron chi connectivity index (χ0n) is 12.1. The molecule has 116 valence electrons. The monoisotopic (exact) mass is 312 g/mol. The Morgan fingerprint density at radius 3 is 2.61 bits per heavy atom. The first-order chi connectivity index (χ1) is 11.2. The predicted octanol–water partition coefficient (Wildman–Crippen LogP) is 3.16. The average Bonchev–Trinajstić information content (AvgIpc) is 3.05. The normalized spacial score (nSPS) is 10.5. The van der Waals surface area contributed by atoms with Gasteiger partial charge in [0.15, 0.2) is 6.61 Å². The number of hydrogen-bond donors (Lipinski definition) is 0. The second-order valence-electron chi connectivity index (χ2n) is 4.81. The summed E-state index contributed by atoms with van der Waals surface area (Å²) in [4.78, 5) is 15.9. The van der Waals surface area contributed by atoms with Crippen LogP contribution in [0.2, 0.25) is 0 Å². The van der Waals surface area contributed by atoms with E-state index in [-0.39, 0.29) is 24.5 Å². The fraction of sp³-hybridized carbons (Fsp3) is 0.118. The Kier molecular flexibility index (Phi) is 4.42. The number of hydrogen-bond acceptors (Lipinski definition) is 5. The first-order valence-electron chi connectivity index (χ1n) is 6.99. The highest BCUT2D eigenvalue weighted by Crippen LogP contribution is 2.15. The van der Waals surface area contributed by atoms with Crippen molar-refractivity contribution in [3.63, 3.8) is 0 Å². The number of rotatable bonds is 5. The van der Waals surface area contributed by atoms with Crippen LogP contribution in [0.5, 0.6) is 0 Å². The van der Waals surface area contributed by atoms with Gasteiger partial charge in [-0.2, -0.15) is 4.98 Å². The van der Waals surface area contributed by atoms with Crippen LogP contribution in [0.3, 0.4) is 0 Å². The van der Waals surface area contributed by atoms with Crippen LogP contribution in [0.4, 0.5) is 4.39 Å². The summed E-state index contributed by atoms with van der Waals surface area (Å²) in [5.41, 5.74) is 1.09. The minimum absolute atomic E-state index is 0.146. The zero-order valence-corrected chi connectivity index (χ0v) is 12.1. The molecule has 5 nitrogen and oxygen atoms in total. The van der Waals surface area contributed by atoms with Gasteiger partial charge in [-0.3, -0.25) is 4.79 Å². The highest BCUT2D eigenvalue weighted by Gasteiger charge is 2.12. The van der Waals surface area contributed by atoms with Gasteiger partial charge in [0, 0.05) is 5.56 Å². The van der Waals surface area contributed by atoms with Gasteiger partial charge in [-0.05, 0) is 11.6 Å². The van der Waals surface area contributed by atoms with Gasteiger partial charge in [0.1, 0.15) is 5.82 Å². The van der Waals surface area contributed by atoms with Crippen molar-refractivity contribution in [3.05, 3.63) is 71.9 Å². The Labute approximate surface area is 131 Å². The summed E-state index contributed by atoms with van der Waals surface area (Å²) in [6.45, 7) is -0.146. The zero-order chi connectivity index (χ0) is 16.1. The summed E-state index contributed by atoms with van der Waals surface area (Å²) >= 11 is 0. The molecule has 0 spiro atoms. The van der Waals surface area contributed by atoms with Crippen LogP contribution in [0.25, 0.3) is 11.4 Å². The summed E-state index contributed by atoms with van der Waals surface area (Å²) in [5, 5.41) is 3.83. The molecule has 0 bridgehead atoms. The first kappa shape index (κ1) is 14.9. The number of carbonyl (C=O) groups excluding carboxylic acids is 1. The highest BCUT2D eigenvalue weighted by atomic mass is 19.1. The molecular formula is C17H13FN2O3. The number of nitrogens with zero attached hydrogens (tertiary/aromatic N) is 2. The maximum absolute atomic E-state index is 13.5. The molecule has 0 aliphatic carbocycles. The van der Waals surface area contributed by atoms with Gasteiger partial charge in [0.25, 0.3) is 5.89 Å². The molecule has 0 aliphatic rings. The third-order valence-electron chi connectivity index (χ3n) is 3.15. The number of benzene rings is 2. The van der Waals surface area contributed by atoms with Crippen molar-refractivity contribution in [2.24, 2.45) is 0 Å². The van der Waals surface area contributed by atoms with Crippen LogP contribution >= 0.6 is 0 Å². The van der Waals surface area contributed by atoms with E-state index < -0.39 is 11.8 Å². The topological polar surface area (TPSA) is 65.2 Å². The van der Waals surface area contributed by atoms with Crippen molar-refractivity contribution in [1.82, 2.24) is 10.1 Å². The molecule has 3 rings (SSSR count). The Morgan fingerprint density at radius 1 is 1.09 bits per heavy atom. The summed E-state index contributed by atoms with van der Waals surface area (Å²) in [6, 6.07) is 15.4. The Hall–Kier alpha value is -3.02. The molecule has 0 radical (unpaired) electrons. The van der Waals surface area contributed by atoms with Crippen molar-refractivity contribution in [1.29, 1.82) is 0 Å². The van der Waals surface area contributed by atoms with Crippen LogP contribution in [0, 0.1) is 5.82 Å².